The number of nitrogens with zero attached hydrogens (tertiary/aromatic N) is 2. The summed E-state index contributed by atoms with van der Waals surface area (Å²) < 4.78 is 1.85. The first-order valence-electron chi connectivity index (χ1n) is 8.08. The number of aryl methyl sites for hydroxylation is 1. The Morgan fingerprint density at radius 1 is 1.31 bits per heavy atom. The van der Waals surface area contributed by atoms with Crippen molar-refractivity contribution in [2.24, 2.45) is 0 Å². The quantitative estimate of drug-likeness (QED) is 0.691. The number of carbonyl (C=O) groups is 2. The van der Waals surface area contributed by atoms with Crippen LogP contribution in [0.1, 0.15) is 23.2 Å². The normalized spacial score (nSPS) is 15.5. The molecule has 1 atom stereocenters. The van der Waals surface area contributed by atoms with Crippen molar-refractivity contribution in [3.8, 4) is 0 Å². The van der Waals surface area contributed by atoms with Crippen molar-refractivity contribution in [3.05, 3.63) is 48.5 Å². The van der Waals surface area contributed by atoms with Crippen molar-refractivity contribution in [2.45, 2.75) is 25.4 Å². The Morgan fingerprint density at radius 2 is 2.15 bits per heavy atom. The molecule has 2 amide bonds. The molecule has 1 aromatic heterocycles. The second kappa shape index (κ2) is 10.8. The van der Waals surface area contributed by atoms with E-state index in [1.54, 1.807) is 36.8 Å². The van der Waals surface area contributed by atoms with Crippen LogP contribution in [0.4, 0.5) is 5.69 Å². The number of imidazole rings is 1. The Balaban J connectivity index is 0.00000169. The molecule has 1 aromatic carbocycles. The van der Waals surface area contributed by atoms with Gasteiger partial charge >= 0.3 is 0 Å². The van der Waals surface area contributed by atoms with Crippen molar-refractivity contribution >= 4 is 42.3 Å². The van der Waals surface area contributed by atoms with Gasteiger partial charge in [0.1, 0.15) is 0 Å². The first-order chi connectivity index (χ1) is 11.7. The van der Waals surface area contributed by atoms with Crippen LogP contribution in [0.2, 0.25) is 0 Å². The first kappa shape index (κ1) is 22.0. The average molecular weight is 400 g/mol. The van der Waals surface area contributed by atoms with Crippen LogP contribution in [0.25, 0.3) is 0 Å². The number of amides is 2. The Morgan fingerprint density at radius 3 is 2.85 bits per heavy atom. The van der Waals surface area contributed by atoms with E-state index in [0.717, 1.165) is 19.5 Å². The third kappa shape index (κ3) is 6.33. The third-order valence-electron chi connectivity index (χ3n) is 3.96. The minimum absolute atomic E-state index is 0. The van der Waals surface area contributed by atoms with Gasteiger partial charge in [-0.3, -0.25) is 9.59 Å². The van der Waals surface area contributed by atoms with Gasteiger partial charge in [0.2, 0.25) is 5.91 Å². The van der Waals surface area contributed by atoms with Crippen LogP contribution in [0.5, 0.6) is 0 Å². The lowest BCUT2D eigenvalue weighted by molar-refractivity contribution is -0.116. The van der Waals surface area contributed by atoms with Crippen molar-refractivity contribution in [1.82, 2.24) is 20.2 Å². The van der Waals surface area contributed by atoms with Crippen molar-refractivity contribution < 1.29 is 9.59 Å². The monoisotopic (exact) mass is 399 g/mol. The fraction of sp³-hybridized carbons (Fsp3) is 0.353. The van der Waals surface area contributed by atoms with Gasteiger partial charge in [0.05, 0.1) is 6.33 Å². The van der Waals surface area contributed by atoms with Gasteiger partial charge in [-0.2, -0.15) is 0 Å². The zero-order valence-electron chi connectivity index (χ0n) is 14.2. The molecule has 1 aliphatic rings. The smallest absolute Gasteiger partial charge is 0.251 e. The van der Waals surface area contributed by atoms with E-state index in [-0.39, 0.29) is 42.7 Å². The van der Waals surface area contributed by atoms with Gasteiger partial charge in [-0.15, -0.1) is 24.8 Å². The number of rotatable bonds is 6. The van der Waals surface area contributed by atoms with Crippen LogP contribution in [-0.2, 0) is 11.3 Å². The molecule has 2 aromatic rings. The topological polar surface area (TPSA) is 88.0 Å². The number of hydrogen-bond acceptors (Lipinski definition) is 4. The Kier molecular flexibility index (Phi) is 9.12. The van der Waals surface area contributed by atoms with Gasteiger partial charge in [-0.05, 0) is 31.2 Å². The summed E-state index contributed by atoms with van der Waals surface area (Å²) in [7, 11) is 0. The van der Waals surface area contributed by atoms with Gasteiger partial charge < -0.3 is 20.5 Å². The summed E-state index contributed by atoms with van der Waals surface area (Å²) in [5, 5.41) is 9.04. The number of anilines is 1. The molecular weight excluding hydrogens is 377 g/mol. The second-order valence-corrected chi connectivity index (χ2v) is 5.84. The lowest BCUT2D eigenvalue weighted by Gasteiger charge is -2.12. The highest BCUT2D eigenvalue weighted by Gasteiger charge is 2.17. The lowest BCUT2D eigenvalue weighted by atomic mass is 10.1. The molecule has 1 saturated heterocycles. The van der Waals surface area contributed by atoms with E-state index in [1.807, 2.05) is 10.8 Å². The molecule has 1 aliphatic heterocycles. The predicted octanol–water partition coefficient (Wildman–Crippen LogP) is 1.85. The summed E-state index contributed by atoms with van der Waals surface area (Å²) in [6.07, 6.45) is 6.46. The molecule has 1 unspecified atom stereocenters. The van der Waals surface area contributed by atoms with Gasteiger partial charge in [0.15, 0.2) is 0 Å². The lowest BCUT2D eigenvalue weighted by Crippen LogP contribution is -2.36. The minimum Gasteiger partial charge on any atom is -0.348 e. The first-order valence-corrected chi connectivity index (χ1v) is 8.08. The second-order valence-electron chi connectivity index (χ2n) is 5.84. The largest absolute Gasteiger partial charge is 0.348 e. The summed E-state index contributed by atoms with van der Waals surface area (Å²) in [4.78, 5) is 28.2. The van der Waals surface area contributed by atoms with E-state index < -0.39 is 0 Å². The summed E-state index contributed by atoms with van der Waals surface area (Å²) in [6, 6.07) is 7.17. The van der Waals surface area contributed by atoms with Crippen LogP contribution in [-0.4, -0.2) is 40.5 Å². The molecule has 0 bridgehead atoms. The van der Waals surface area contributed by atoms with Gasteiger partial charge in [0, 0.05) is 49.2 Å². The maximum atomic E-state index is 12.3. The standard InChI is InChI=1S/C17H21N5O2.2ClH/c23-16(5-8-22-9-7-19-12-22)20-14-3-1-2-13(10-14)17(24)21-15-4-6-18-11-15;;/h1-3,7,9-10,12,15,18H,4-6,8,11H2,(H,20,23)(H,21,24);2*1H. The molecule has 1 fully saturated rings. The zero-order valence-corrected chi connectivity index (χ0v) is 15.8. The zero-order chi connectivity index (χ0) is 16.8. The van der Waals surface area contributed by atoms with Crippen LogP contribution in [0.15, 0.2) is 43.0 Å². The van der Waals surface area contributed by atoms with E-state index in [0.29, 0.717) is 24.2 Å². The number of aromatic nitrogens is 2. The van der Waals surface area contributed by atoms with E-state index >= 15 is 0 Å². The molecule has 3 N–H and O–H groups in total. The number of halogens is 2. The fourth-order valence-corrected chi connectivity index (χ4v) is 2.66. The van der Waals surface area contributed by atoms with Crippen molar-refractivity contribution in [3.63, 3.8) is 0 Å². The number of hydrogen-bond donors (Lipinski definition) is 3. The number of carbonyl (C=O) groups excluding carboxylic acids is 2. The van der Waals surface area contributed by atoms with Crippen LogP contribution in [0.3, 0.4) is 0 Å². The van der Waals surface area contributed by atoms with Crippen LogP contribution in [0, 0.1) is 0 Å². The number of benzene rings is 1. The SMILES string of the molecule is Cl.Cl.O=C(CCn1ccnc1)Nc1cccc(C(=O)NC2CCNC2)c1. The highest BCUT2D eigenvalue weighted by Crippen LogP contribution is 2.12. The van der Waals surface area contributed by atoms with E-state index in [9.17, 15) is 9.59 Å². The molecular formula is C17H23Cl2N5O2. The summed E-state index contributed by atoms with van der Waals surface area (Å²) in [6.45, 7) is 2.30. The minimum atomic E-state index is -0.113. The highest BCUT2D eigenvalue weighted by atomic mass is 35.5. The fourth-order valence-electron chi connectivity index (χ4n) is 2.66. The van der Waals surface area contributed by atoms with Gasteiger partial charge in [0.25, 0.3) is 5.91 Å². The number of nitrogens with one attached hydrogen (secondary N) is 3. The molecule has 9 heteroatoms. The summed E-state index contributed by atoms with van der Waals surface area (Å²) in [5.41, 5.74) is 1.18. The average Bonchev–Trinajstić information content (AvgIpc) is 3.27. The summed E-state index contributed by atoms with van der Waals surface area (Å²) >= 11 is 0. The summed E-state index contributed by atoms with van der Waals surface area (Å²) in [5.74, 6) is -0.209. The molecule has 26 heavy (non-hydrogen) atoms. The Bertz CT molecular complexity index is 703. The maximum Gasteiger partial charge on any atom is 0.251 e. The molecule has 3 rings (SSSR count). The third-order valence-corrected chi connectivity index (χ3v) is 3.96. The molecule has 0 radical (unpaired) electrons. The molecule has 7 nitrogen and oxygen atoms in total. The van der Waals surface area contributed by atoms with Crippen LogP contribution < -0.4 is 16.0 Å². The van der Waals surface area contributed by atoms with E-state index in [4.69, 9.17) is 0 Å². The maximum absolute atomic E-state index is 12.3. The molecule has 0 aliphatic carbocycles. The van der Waals surface area contributed by atoms with Crippen molar-refractivity contribution in [2.75, 3.05) is 18.4 Å². The van der Waals surface area contributed by atoms with E-state index in [2.05, 4.69) is 20.9 Å². The molecule has 142 valence electrons. The van der Waals surface area contributed by atoms with Crippen molar-refractivity contribution in [1.29, 1.82) is 0 Å². The predicted molar refractivity (Wildman–Crippen MR) is 105 cm³/mol. The molecule has 0 saturated carbocycles. The Labute approximate surface area is 164 Å². The Hall–Kier alpha value is -2.09. The van der Waals surface area contributed by atoms with Gasteiger partial charge in [-0.25, -0.2) is 4.98 Å². The van der Waals surface area contributed by atoms with E-state index in [1.165, 1.54) is 0 Å². The van der Waals surface area contributed by atoms with Gasteiger partial charge in [-0.1, -0.05) is 6.07 Å². The highest BCUT2D eigenvalue weighted by molar-refractivity contribution is 5.97. The molecule has 2 heterocycles. The molecule has 0 spiro atoms. The van der Waals surface area contributed by atoms with Crippen LogP contribution >= 0.6 is 24.8 Å².